The van der Waals surface area contributed by atoms with Crippen molar-refractivity contribution in [2.75, 3.05) is 17.3 Å². The molecule has 0 atom stereocenters. The average Bonchev–Trinajstić information content (AvgIpc) is 3.07. The summed E-state index contributed by atoms with van der Waals surface area (Å²) >= 11 is 0. The second kappa shape index (κ2) is 13.8. The monoisotopic (exact) mass is 613 g/mol. The highest BCUT2D eigenvalue weighted by atomic mass is 19.4. The number of nitrogens with zero attached hydrogens (tertiary/aromatic N) is 1. The van der Waals surface area contributed by atoms with E-state index in [9.17, 15) is 27.6 Å². The normalized spacial score (nSPS) is 13.6. The van der Waals surface area contributed by atoms with Crippen molar-refractivity contribution >= 4 is 29.1 Å². The molecule has 0 saturated heterocycles. The van der Waals surface area contributed by atoms with Gasteiger partial charge in [-0.2, -0.15) is 13.2 Å². The number of amides is 3. The lowest BCUT2D eigenvalue weighted by Gasteiger charge is -2.26. The fourth-order valence-electron chi connectivity index (χ4n) is 5.58. The molecule has 0 radical (unpaired) electrons. The molecule has 6 nitrogen and oxygen atoms in total. The van der Waals surface area contributed by atoms with Gasteiger partial charge in [0, 0.05) is 42.0 Å². The molecule has 0 unspecified atom stereocenters. The zero-order valence-electron chi connectivity index (χ0n) is 24.9. The zero-order valence-corrected chi connectivity index (χ0v) is 24.9. The molecule has 0 aliphatic heterocycles. The predicted octanol–water partition coefficient (Wildman–Crippen LogP) is 8.10. The molecule has 0 heterocycles. The van der Waals surface area contributed by atoms with Crippen molar-refractivity contribution in [3.05, 3.63) is 119 Å². The summed E-state index contributed by atoms with van der Waals surface area (Å²) in [6.45, 7) is 0.274. The molecular formula is C36H34F3N3O3. The van der Waals surface area contributed by atoms with Gasteiger partial charge in [-0.1, -0.05) is 67.8 Å². The Balaban J connectivity index is 1.20. The Bertz CT molecular complexity index is 1660. The minimum Gasteiger partial charge on any atom is -0.348 e. The lowest BCUT2D eigenvalue weighted by molar-refractivity contribution is -0.137. The topological polar surface area (TPSA) is 78.5 Å². The summed E-state index contributed by atoms with van der Waals surface area (Å²) in [7, 11) is 1.80. The average molecular weight is 614 g/mol. The number of carbonyl (C=O) groups excluding carboxylic acids is 3. The Morgan fingerprint density at radius 3 is 2.18 bits per heavy atom. The molecule has 4 aromatic carbocycles. The number of rotatable bonds is 8. The van der Waals surface area contributed by atoms with Gasteiger partial charge in [-0.25, -0.2) is 0 Å². The highest BCUT2D eigenvalue weighted by molar-refractivity contribution is 6.09. The van der Waals surface area contributed by atoms with Crippen molar-refractivity contribution in [3.8, 4) is 11.1 Å². The number of hydrogen-bond donors (Lipinski definition) is 2. The largest absolute Gasteiger partial charge is 0.416 e. The van der Waals surface area contributed by atoms with Gasteiger partial charge in [0.15, 0.2) is 0 Å². The first-order valence-electron chi connectivity index (χ1n) is 14.9. The number of hydrogen-bond acceptors (Lipinski definition) is 3. The summed E-state index contributed by atoms with van der Waals surface area (Å²) in [6, 6.07) is 25.3. The SMILES string of the molecule is CN(C(=O)C1CCCCC1)c1ccc(CNC(=O)c2cccc(NC(=O)c3ccccc3-c3ccc(C(F)(F)F)cc3)c2)cc1. The number of carbonyl (C=O) groups is 3. The summed E-state index contributed by atoms with van der Waals surface area (Å²) in [5.74, 6) is -0.567. The third kappa shape index (κ3) is 7.78. The summed E-state index contributed by atoms with van der Waals surface area (Å²) in [5, 5.41) is 5.68. The second-order valence-corrected chi connectivity index (χ2v) is 11.2. The van der Waals surface area contributed by atoms with Crippen molar-refractivity contribution in [2.24, 2.45) is 5.92 Å². The molecule has 5 rings (SSSR count). The number of anilines is 2. The first-order chi connectivity index (χ1) is 21.6. The minimum absolute atomic E-state index is 0.0806. The number of benzene rings is 4. The molecule has 2 N–H and O–H groups in total. The molecule has 0 aromatic heterocycles. The van der Waals surface area contributed by atoms with E-state index in [4.69, 9.17) is 0 Å². The van der Waals surface area contributed by atoms with Gasteiger partial charge < -0.3 is 15.5 Å². The van der Waals surface area contributed by atoms with Gasteiger partial charge in [0.2, 0.25) is 5.91 Å². The number of nitrogens with one attached hydrogen (secondary N) is 2. The summed E-state index contributed by atoms with van der Waals surface area (Å²) in [5.41, 5.74) is 2.88. The maximum atomic E-state index is 13.2. The van der Waals surface area contributed by atoms with E-state index in [2.05, 4.69) is 10.6 Å². The van der Waals surface area contributed by atoms with E-state index >= 15 is 0 Å². The molecule has 0 bridgehead atoms. The van der Waals surface area contributed by atoms with Gasteiger partial charge in [-0.05, 0) is 78.1 Å². The van der Waals surface area contributed by atoms with E-state index in [0.717, 1.165) is 49.1 Å². The molecule has 1 aliphatic carbocycles. The molecular weight excluding hydrogens is 579 g/mol. The maximum Gasteiger partial charge on any atom is 0.416 e. The fraction of sp³-hybridized carbons (Fsp3) is 0.250. The third-order valence-electron chi connectivity index (χ3n) is 8.14. The summed E-state index contributed by atoms with van der Waals surface area (Å²) in [4.78, 5) is 40.7. The van der Waals surface area contributed by atoms with Crippen LogP contribution in [0.25, 0.3) is 11.1 Å². The Labute approximate surface area is 260 Å². The van der Waals surface area contributed by atoms with Gasteiger partial charge in [0.1, 0.15) is 0 Å². The summed E-state index contributed by atoms with van der Waals surface area (Å²) in [6.07, 6.45) is 0.804. The third-order valence-corrected chi connectivity index (χ3v) is 8.14. The smallest absolute Gasteiger partial charge is 0.348 e. The standard InChI is InChI=1S/C36H34F3N3O3/c1-42(35(45)26-8-3-2-4-9-26)30-20-14-24(15-21-30)23-40-33(43)27-10-7-11-29(22-27)41-34(44)32-13-6-5-12-31(32)25-16-18-28(19-17-25)36(37,38)39/h5-7,10-22,26H,2-4,8-9,23H2,1H3,(H,40,43)(H,41,44). The molecule has 1 fully saturated rings. The molecule has 4 aromatic rings. The predicted molar refractivity (Wildman–Crippen MR) is 169 cm³/mol. The Kier molecular flexibility index (Phi) is 9.66. The molecule has 3 amide bonds. The van der Waals surface area contributed by atoms with Gasteiger partial charge in [-0.3, -0.25) is 14.4 Å². The minimum atomic E-state index is -4.45. The molecule has 1 saturated carbocycles. The van der Waals surface area contributed by atoms with Crippen molar-refractivity contribution in [1.82, 2.24) is 5.32 Å². The highest BCUT2D eigenvalue weighted by Gasteiger charge is 2.30. The van der Waals surface area contributed by atoms with Crippen LogP contribution >= 0.6 is 0 Å². The van der Waals surface area contributed by atoms with Gasteiger partial charge in [-0.15, -0.1) is 0 Å². The van der Waals surface area contributed by atoms with Crippen LogP contribution in [0.3, 0.4) is 0 Å². The lowest BCUT2D eigenvalue weighted by atomic mass is 9.88. The van der Waals surface area contributed by atoms with Crippen LogP contribution in [0.5, 0.6) is 0 Å². The van der Waals surface area contributed by atoms with Crippen LogP contribution in [0.4, 0.5) is 24.5 Å². The molecule has 232 valence electrons. The van der Waals surface area contributed by atoms with Crippen LogP contribution in [0, 0.1) is 5.92 Å². The van der Waals surface area contributed by atoms with Crippen LogP contribution in [0.1, 0.15) is 63.9 Å². The molecule has 1 aliphatic rings. The number of alkyl halides is 3. The van der Waals surface area contributed by atoms with Crippen molar-refractivity contribution in [1.29, 1.82) is 0 Å². The lowest BCUT2D eigenvalue weighted by Crippen LogP contribution is -2.33. The first-order valence-corrected chi connectivity index (χ1v) is 14.9. The Morgan fingerprint density at radius 2 is 1.49 bits per heavy atom. The van der Waals surface area contributed by atoms with Crippen molar-refractivity contribution in [2.45, 2.75) is 44.8 Å². The van der Waals surface area contributed by atoms with E-state index in [-0.39, 0.29) is 29.8 Å². The van der Waals surface area contributed by atoms with Crippen LogP contribution in [-0.4, -0.2) is 24.8 Å². The Hall–Kier alpha value is -4.92. The van der Waals surface area contributed by atoms with E-state index in [1.165, 1.54) is 18.6 Å². The quantitative estimate of drug-likeness (QED) is 0.211. The first kappa shape index (κ1) is 31.5. The second-order valence-electron chi connectivity index (χ2n) is 11.2. The van der Waals surface area contributed by atoms with Crippen molar-refractivity contribution in [3.63, 3.8) is 0 Å². The molecule has 0 spiro atoms. The Morgan fingerprint density at radius 1 is 0.800 bits per heavy atom. The van der Waals surface area contributed by atoms with E-state index in [1.54, 1.807) is 60.5 Å². The van der Waals surface area contributed by atoms with E-state index in [0.29, 0.717) is 22.4 Å². The van der Waals surface area contributed by atoms with Crippen LogP contribution in [0.2, 0.25) is 0 Å². The fourth-order valence-corrected chi connectivity index (χ4v) is 5.58. The highest BCUT2D eigenvalue weighted by Crippen LogP contribution is 2.32. The maximum absolute atomic E-state index is 13.2. The van der Waals surface area contributed by atoms with E-state index < -0.39 is 17.6 Å². The molecule has 9 heteroatoms. The number of halogens is 3. The molecule has 45 heavy (non-hydrogen) atoms. The zero-order chi connectivity index (χ0) is 32.0. The van der Waals surface area contributed by atoms with Gasteiger partial charge in [0.25, 0.3) is 11.8 Å². The van der Waals surface area contributed by atoms with Crippen LogP contribution < -0.4 is 15.5 Å². The summed E-state index contributed by atoms with van der Waals surface area (Å²) < 4.78 is 39.0. The van der Waals surface area contributed by atoms with Crippen LogP contribution in [0.15, 0.2) is 97.1 Å². The van der Waals surface area contributed by atoms with E-state index in [1.807, 2.05) is 24.3 Å². The van der Waals surface area contributed by atoms with Gasteiger partial charge >= 0.3 is 6.18 Å². The van der Waals surface area contributed by atoms with Crippen LogP contribution in [-0.2, 0) is 17.5 Å². The van der Waals surface area contributed by atoms with Gasteiger partial charge in [0.05, 0.1) is 5.56 Å². The van der Waals surface area contributed by atoms with Crippen molar-refractivity contribution < 1.29 is 27.6 Å².